The SMILES string of the molecule is COc1ccc2oc(C(=O)NCCC(O)C(C)C)c(C)c2c1. The zero-order valence-electron chi connectivity index (χ0n) is 13.5. The lowest BCUT2D eigenvalue weighted by Gasteiger charge is -2.14. The van der Waals surface area contributed by atoms with Crippen LogP contribution in [0.4, 0.5) is 0 Å². The molecule has 0 aliphatic rings. The van der Waals surface area contributed by atoms with Crippen LogP contribution >= 0.6 is 0 Å². The van der Waals surface area contributed by atoms with Crippen LogP contribution in [0.3, 0.4) is 0 Å². The third-order valence-corrected chi connectivity index (χ3v) is 3.84. The summed E-state index contributed by atoms with van der Waals surface area (Å²) in [5.74, 6) is 0.951. The number of furan rings is 1. The Morgan fingerprint density at radius 2 is 2.14 bits per heavy atom. The molecule has 0 fully saturated rings. The molecule has 5 nitrogen and oxygen atoms in total. The fourth-order valence-corrected chi connectivity index (χ4v) is 2.29. The van der Waals surface area contributed by atoms with Gasteiger partial charge in [-0.3, -0.25) is 4.79 Å². The molecule has 22 heavy (non-hydrogen) atoms. The third kappa shape index (κ3) is 3.42. The number of aliphatic hydroxyl groups is 1. The monoisotopic (exact) mass is 305 g/mol. The van der Waals surface area contributed by atoms with E-state index < -0.39 is 6.10 Å². The van der Waals surface area contributed by atoms with E-state index in [9.17, 15) is 9.90 Å². The molecule has 0 bridgehead atoms. The van der Waals surface area contributed by atoms with Crippen molar-refractivity contribution in [3.63, 3.8) is 0 Å². The molecule has 0 saturated carbocycles. The first-order valence-corrected chi connectivity index (χ1v) is 7.47. The highest BCUT2D eigenvalue weighted by molar-refractivity contribution is 5.99. The number of fused-ring (bicyclic) bond motifs is 1. The zero-order valence-corrected chi connectivity index (χ0v) is 13.5. The number of aryl methyl sites for hydroxylation is 1. The Hall–Kier alpha value is -2.01. The van der Waals surface area contributed by atoms with Crippen LogP contribution in [0.5, 0.6) is 5.75 Å². The van der Waals surface area contributed by atoms with Crippen molar-refractivity contribution in [2.45, 2.75) is 33.3 Å². The number of benzene rings is 1. The molecule has 0 spiro atoms. The number of ether oxygens (including phenoxy) is 1. The average Bonchev–Trinajstić information content (AvgIpc) is 2.83. The largest absolute Gasteiger partial charge is 0.497 e. The van der Waals surface area contributed by atoms with Crippen LogP contribution in [0.1, 0.15) is 36.4 Å². The number of amides is 1. The maximum Gasteiger partial charge on any atom is 0.287 e. The van der Waals surface area contributed by atoms with Gasteiger partial charge in [-0.2, -0.15) is 0 Å². The van der Waals surface area contributed by atoms with E-state index in [2.05, 4.69) is 5.32 Å². The maximum atomic E-state index is 12.2. The van der Waals surface area contributed by atoms with E-state index >= 15 is 0 Å². The Morgan fingerprint density at radius 3 is 2.77 bits per heavy atom. The molecule has 1 heterocycles. The topological polar surface area (TPSA) is 71.7 Å². The van der Waals surface area contributed by atoms with Crippen LogP contribution in [0.25, 0.3) is 11.0 Å². The summed E-state index contributed by atoms with van der Waals surface area (Å²) in [4.78, 5) is 12.2. The second-order valence-corrected chi connectivity index (χ2v) is 5.77. The lowest BCUT2D eigenvalue weighted by molar-refractivity contribution is 0.0896. The molecule has 2 rings (SSSR count). The summed E-state index contributed by atoms with van der Waals surface area (Å²) in [5.41, 5.74) is 1.45. The quantitative estimate of drug-likeness (QED) is 0.861. The van der Waals surface area contributed by atoms with Crippen molar-refractivity contribution in [1.82, 2.24) is 5.32 Å². The van der Waals surface area contributed by atoms with Gasteiger partial charge in [0.25, 0.3) is 5.91 Å². The van der Waals surface area contributed by atoms with Crippen LogP contribution in [0, 0.1) is 12.8 Å². The minimum absolute atomic E-state index is 0.178. The lowest BCUT2D eigenvalue weighted by Crippen LogP contribution is -2.28. The fourth-order valence-electron chi connectivity index (χ4n) is 2.29. The van der Waals surface area contributed by atoms with Gasteiger partial charge in [0, 0.05) is 17.5 Å². The van der Waals surface area contributed by atoms with Gasteiger partial charge in [0.2, 0.25) is 0 Å². The van der Waals surface area contributed by atoms with Gasteiger partial charge in [-0.1, -0.05) is 13.8 Å². The molecule has 2 N–H and O–H groups in total. The summed E-state index contributed by atoms with van der Waals surface area (Å²) >= 11 is 0. The van der Waals surface area contributed by atoms with Gasteiger partial charge < -0.3 is 19.6 Å². The number of nitrogens with one attached hydrogen (secondary N) is 1. The molecule has 1 unspecified atom stereocenters. The molecule has 1 atom stereocenters. The Balaban J connectivity index is 2.10. The molecular formula is C17H23NO4. The highest BCUT2D eigenvalue weighted by Gasteiger charge is 2.18. The highest BCUT2D eigenvalue weighted by atomic mass is 16.5. The van der Waals surface area contributed by atoms with Crippen LogP contribution in [-0.4, -0.2) is 30.8 Å². The van der Waals surface area contributed by atoms with Crippen LogP contribution in [0.15, 0.2) is 22.6 Å². The van der Waals surface area contributed by atoms with Gasteiger partial charge in [0.15, 0.2) is 5.76 Å². The number of aliphatic hydroxyl groups excluding tert-OH is 1. The summed E-state index contributed by atoms with van der Waals surface area (Å²) in [6, 6.07) is 5.44. The third-order valence-electron chi connectivity index (χ3n) is 3.84. The van der Waals surface area contributed by atoms with Gasteiger partial charge in [0.1, 0.15) is 11.3 Å². The first kappa shape index (κ1) is 16.4. The van der Waals surface area contributed by atoms with E-state index in [1.807, 2.05) is 26.8 Å². The fraction of sp³-hybridized carbons (Fsp3) is 0.471. The van der Waals surface area contributed by atoms with Gasteiger partial charge in [0.05, 0.1) is 13.2 Å². The standard InChI is InChI=1S/C17H23NO4/c1-10(2)14(19)7-8-18-17(20)16-11(3)13-9-12(21-4)5-6-15(13)22-16/h5-6,9-10,14,19H,7-8H2,1-4H3,(H,18,20). The van der Waals surface area contributed by atoms with E-state index in [4.69, 9.17) is 9.15 Å². The number of hydrogen-bond donors (Lipinski definition) is 2. The van der Waals surface area contributed by atoms with E-state index in [0.29, 0.717) is 24.3 Å². The molecular weight excluding hydrogens is 282 g/mol. The molecule has 0 radical (unpaired) electrons. The van der Waals surface area contributed by atoms with Crippen molar-refractivity contribution in [3.05, 3.63) is 29.5 Å². The number of hydrogen-bond acceptors (Lipinski definition) is 4. The van der Waals surface area contributed by atoms with Crippen LogP contribution in [-0.2, 0) is 0 Å². The number of rotatable bonds is 6. The predicted octanol–water partition coefficient (Wildman–Crippen LogP) is 2.89. The average molecular weight is 305 g/mol. The van der Waals surface area contributed by atoms with E-state index in [1.165, 1.54) is 0 Å². The van der Waals surface area contributed by atoms with Gasteiger partial charge in [-0.15, -0.1) is 0 Å². The van der Waals surface area contributed by atoms with Crippen molar-refractivity contribution in [2.24, 2.45) is 5.92 Å². The number of methoxy groups -OCH3 is 1. The predicted molar refractivity (Wildman–Crippen MR) is 85.3 cm³/mol. The van der Waals surface area contributed by atoms with E-state index in [-0.39, 0.29) is 11.8 Å². The Labute approximate surface area is 130 Å². The zero-order chi connectivity index (χ0) is 16.3. The highest BCUT2D eigenvalue weighted by Crippen LogP contribution is 2.28. The van der Waals surface area contributed by atoms with Crippen molar-refractivity contribution < 1.29 is 19.1 Å². The van der Waals surface area contributed by atoms with E-state index in [0.717, 1.165) is 16.7 Å². The molecule has 120 valence electrons. The number of carbonyl (C=O) groups is 1. The summed E-state index contributed by atoms with van der Waals surface area (Å²) in [6.07, 6.45) is 0.109. The number of carbonyl (C=O) groups excluding carboxylic acids is 1. The summed E-state index contributed by atoms with van der Waals surface area (Å²) in [5, 5.41) is 13.4. The molecule has 5 heteroatoms. The second kappa shape index (κ2) is 6.83. The molecule has 0 saturated heterocycles. The lowest BCUT2D eigenvalue weighted by atomic mass is 10.0. The van der Waals surface area contributed by atoms with Crippen molar-refractivity contribution in [1.29, 1.82) is 0 Å². The molecule has 1 aromatic heterocycles. The summed E-state index contributed by atoms with van der Waals surface area (Å²) in [6.45, 7) is 6.16. The summed E-state index contributed by atoms with van der Waals surface area (Å²) < 4.78 is 10.8. The van der Waals surface area contributed by atoms with Crippen LogP contribution < -0.4 is 10.1 Å². The molecule has 1 amide bonds. The van der Waals surface area contributed by atoms with Crippen molar-refractivity contribution in [3.8, 4) is 5.75 Å². The normalized spacial score (nSPS) is 12.6. The Kier molecular flexibility index (Phi) is 5.08. The first-order valence-electron chi connectivity index (χ1n) is 7.47. The molecule has 2 aromatic rings. The molecule has 1 aromatic carbocycles. The van der Waals surface area contributed by atoms with Crippen molar-refractivity contribution in [2.75, 3.05) is 13.7 Å². The second-order valence-electron chi connectivity index (χ2n) is 5.77. The minimum atomic E-state index is -0.415. The molecule has 0 aliphatic heterocycles. The van der Waals surface area contributed by atoms with Gasteiger partial charge >= 0.3 is 0 Å². The minimum Gasteiger partial charge on any atom is -0.497 e. The van der Waals surface area contributed by atoms with E-state index in [1.54, 1.807) is 19.2 Å². The smallest absolute Gasteiger partial charge is 0.287 e. The molecule has 0 aliphatic carbocycles. The first-order chi connectivity index (χ1) is 10.4. The Bertz CT molecular complexity index is 660. The Morgan fingerprint density at radius 1 is 1.41 bits per heavy atom. The van der Waals surface area contributed by atoms with Gasteiger partial charge in [-0.25, -0.2) is 0 Å². The summed E-state index contributed by atoms with van der Waals surface area (Å²) in [7, 11) is 1.60. The van der Waals surface area contributed by atoms with Crippen molar-refractivity contribution >= 4 is 16.9 Å². The van der Waals surface area contributed by atoms with Crippen LogP contribution in [0.2, 0.25) is 0 Å². The van der Waals surface area contributed by atoms with Gasteiger partial charge in [-0.05, 0) is 37.5 Å². The maximum absolute atomic E-state index is 12.2.